The number of hydrogen-bond acceptors (Lipinski definition) is 4. The second kappa shape index (κ2) is 7.44. The minimum absolute atomic E-state index is 0.0861. The third-order valence-corrected chi connectivity index (χ3v) is 5.52. The van der Waals surface area contributed by atoms with Crippen molar-refractivity contribution in [1.29, 1.82) is 0 Å². The number of hydrogen-bond donors (Lipinski definition) is 3. The molecule has 3 N–H and O–H groups in total. The number of hydrazone groups is 1. The van der Waals surface area contributed by atoms with E-state index in [4.69, 9.17) is 11.6 Å². The second-order valence-corrected chi connectivity index (χ2v) is 8.35. The molecule has 3 rings (SSSR count). The summed E-state index contributed by atoms with van der Waals surface area (Å²) in [4.78, 5) is 0. The molecule has 2 aliphatic rings. The molecule has 1 aromatic rings. The predicted octanol–water partition coefficient (Wildman–Crippen LogP) is 3.92. The molecule has 8 heteroatoms. The first-order chi connectivity index (χ1) is 13.0. The van der Waals surface area contributed by atoms with E-state index in [2.05, 4.69) is 15.8 Å². The van der Waals surface area contributed by atoms with Gasteiger partial charge in [-0.3, -0.25) is 0 Å². The van der Waals surface area contributed by atoms with Gasteiger partial charge in [-0.1, -0.05) is 49.7 Å². The topological polar surface area (TPSA) is 56.6 Å². The fraction of sp³-hybridized carbons (Fsp3) is 0.450. The summed E-state index contributed by atoms with van der Waals surface area (Å²) >= 11 is 5.88. The molecule has 0 radical (unpaired) electrons. The number of allylic oxidation sites excluding steroid dienone is 2. The van der Waals surface area contributed by atoms with Gasteiger partial charge in [-0.25, -0.2) is 0 Å². The zero-order valence-corrected chi connectivity index (χ0v) is 16.3. The van der Waals surface area contributed by atoms with Gasteiger partial charge in [-0.05, 0) is 35.6 Å². The van der Waals surface area contributed by atoms with Crippen molar-refractivity contribution in [3.63, 3.8) is 0 Å². The molecule has 4 nitrogen and oxygen atoms in total. The summed E-state index contributed by atoms with van der Waals surface area (Å²) in [5.74, 6) is -0.174. The summed E-state index contributed by atoms with van der Waals surface area (Å²) in [5.41, 5.74) is 0.324. The van der Waals surface area contributed by atoms with Crippen LogP contribution in [0.2, 0.25) is 5.02 Å². The maximum absolute atomic E-state index is 13.9. The van der Waals surface area contributed by atoms with E-state index in [0.29, 0.717) is 16.3 Å². The highest BCUT2D eigenvalue weighted by atomic mass is 35.5. The highest BCUT2D eigenvalue weighted by Crippen LogP contribution is 2.41. The smallest absolute Gasteiger partial charge is 0.384 e. The molecule has 1 heterocycles. The van der Waals surface area contributed by atoms with Gasteiger partial charge in [0.25, 0.3) is 0 Å². The van der Waals surface area contributed by atoms with E-state index in [0.717, 1.165) is 0 Å². The summed E-state index contributed by atoms with van der Waals surface area (Å²) in [5, 5.41) is 18.0. The van der Waals surface area contributed by atoms with Crippen molar-refractivity contribution in [3.8, 4) is 0 Å². The van der Waals surface area contributed by atoms with E-state index in [9.17, 15) is 18.3 Å². The molecule has 1 aromatic carbocycles. The van der Waals surface area contributed by atoms with Gasteiger partial charge in [0, 0.05) is 16.9 Å². The predicted molar refractivity (Wildman–Crippen MR) is 104 cm³/mol. The van der Waals surface area contributed by atoms with Gasteiger partial charge in [0.15, 0.2) is 5.60 Å². The molecule has 3 unspecified atom stereocenters. The molecule has 0 bridgehead atoms. The van der Waals surface area contributed by atoms with Crippen molar-refractivity contribution in [1.82, 2.24) is 10.7 Å². The third-order valence-electron chi connectivity index (χ3n) is 5.27. The van der Waals surface area contributed by atoms with Gasteiger partial charge in [0.1, 0.15) is 0 Å². The van der Waals surface area contributed by atoms with Crippen molar-refractivity contribution in [2.75, 3.05) is 6.54 Å². The fourth-order valence-electron chi connectivity index (χ4n) is 3.63. The lowest BCUT2D eigenvalue weighted by Crippen LogP contribution is -2.55. The zero-order chi connectivity index (χ0) is 20.6. The van der Waals surface area contributed by atoms with E-state index < -0.39 is 30.2 Å². The standard InChI is InChI=1S/C20H23ClF3N3O/c1-18(2,13-6-8-14(21)9-7-13)11-19(28,20(22,23)24)12-25-16-4-3-5-17-15(16)10-26-27-17/h3-10,15,17,25,27-28H,11-12H2,1-2H3. The van der Waals surface area contributed by atoms with E-state index >= 15 is 0 Å². The van der Waals surface area contributed by atoms with Crippen LogP contribution in [0.1, 0.15) is 25.8 Å². The van der Waals surface area contributed by atoms with Crippen molar-refractivity contribution in [2.24, 2.45) is 11.0 Å². The van der Waals surface area contributed by atoms with Crippen LogP contribution in [0.25, 0.3) is 0 Å². The summed E-state index contributed by atoms with van der Waals surface area (Å²) in [6.45, 7) is 2.71. The highest BCUT2D eigenvalue weighted by molar-refractivity contribution is 6.30. The Morgan fingerprint density at radius 3 is 2.54 bits per heavy atom. The largest absolute Gasteiger partial charge is 0.418 e. The summed E-state index contributed by atoms with van der Waals surface area (Å²) < 4.78 is 41.6. The zero-order valence-electron chi connectivity index (χ0n) is 15.6. The molecule has 28 heavy (non-hydrogen) atoms. The van der Waals surface area contributed by atoms with Gasteiger partial charge in [0.05, 0.1) is 18.5 Å². The number of fused-ring (bicyclic) bond motifs is 1. The van der Waals surface area contributed by atoms with E-state index in [1.165, 1.54) is 0 Å². The average Bonchev–Trinajstić information content (AvgIpc) is 3.08. The van der Waals surface area contributed by atoms with Gasteiger partial charge >= 0.3 is 6.18 Å². The number of nitrogens with zero attached hydrogens (tertiary/aromatic N) is 1. The van der Waals surface area contributed by atoms with Crippen LogP contribution < -0.4 is 10.7 Å². The van der Waals surface area contributed by atoms with Crippen molar-refractivity contribution < 1.29 is 18.3 Å². The Balaban J connectivity index is 1.78. The van der Waals surface area contributed by atoms with E-state index in [1.807, 2.05) is 6.08 Å². The second-order valence-electron chi connectivity index (χ2n) is 7.92. The minimum atomic E-state index is -4.80. The van der Waals surface area contributed by atoms with Crippen LogP contribution in [0.15, 0.2) is 53.3 Å². The fourth-order valence-corrected chi connectivity index (χ4v) is 3.76. The Labute approximate surface area is 167 Å². The average molecular weight is 414 g/mol. The molecule has 0 aromatic heterocycles. The molecule has 0 amide bonds. The van der Waals surface area contributed by atoms with Crippen molar-refractivity contribution in [3.05, 3.63) is 58.8 Å². The van der Waals surface area contributed by atoms with Crippen LogP contribution in [0.5, 0.6) is 0 Å². The van der Waals surface area contributed by atoms with Crippen LogP contribution in [0.3, 0.4) is 0 Å². The molecule has 0 saturated heterocycles. The molecular weight excluding hydrogens is 391 g/mol. The van der Waals surface area contributed by atoms with Crippen LogP contribution in [-0.4, -0.2) is 35.7 Å². The Hall–Kier alpha value is -1.99. The maximum atomic E-state index is 13.9. The lowest BCUT2D eigenvalue weighted by Gasteiger charge is -2.39. The lowest BCUT2D eigenvalue weighted by atomic mass is 9.74. The number of rotatable bonds is 6. The number of aliphatic hydroxyl groups is 1. The minimum Gasteiger partial charge on any atom is -0.384 e. The van der Waals surface area contributed by atoms with Crippen LogP contribution in [0, 0.1) is 5.92 Å². The van der Waals surface area contributed by atoms with E-state index in [-0.39, 0.29) is 12.0 Å². The summed E-state index contributed by atoms with van der Waals surface area (Å²) in [6, 6.07) is 6.56. The number of benzene rings is 1. The number of halogens is 4. The first-order valence-electron chi connectivity index (χ1n) is 8.98. The van der Waals surface area contributed by atoms with Gasteiger partial charge in [-0.2, -0.15) is 18.3 Å². The molecule has 0 saturated carbocycles. The van der Waals surface area contributed by atoms with Crippen LogP contribution in [0.4, 0.5) is 13.2 Å². The Bertz CT molecular complexity index is 802. The van der Waals surface area contributed by atoms with Crippen LogP contribution in [-0.2, 0) is 5.41 Å². The maximum Gasteiger partial charge on any atom is 0.418 e. The SMILES string of the molecule is CC(C)(CC(O)(CNC1=CC=CC2NN=CC12)C(F)(F)F)c1ccc(Cl)cc1. The number of nitrogens with one attached hydrogen (secondary N) is 2. The van der Waals surface area contributed by atoms with Crippen molar-refractivity contribution in [2.45, 2.75) is 43.5 Å². The molecule has 152 valence electrons. The monoisotopic (exact) mass is 413 g/mol. The summed E-state index contributed by atoms with van der Waals surface area (Å²) in [7, 11) is 0. The molecule has 3 atom stereocenters. The molecule has 0 spiro atoms. The molecular formula is C20H23ClF3N3O. The van der Waals surface area contributed by atoms with Gasteiger partial charge < -0.3 is 15.8 Å². The first-order valence-corrected chi connectivity index (χ1v) is 9.36. The first kappa shape index (κ1) is 20.7. The lowest BCUT2D eigenvalue weighted by molar-refractivity contribution is -0.264. The number of alkyl halides is 3. The Morgan fingerprint density at radius 2 is 1.89 bits per heavy atom. The molecule has 1 aliphatic carbocycles. The Morgan fingerprint density at radius 1 is 1.21 bits per heavy atom. The normalized spacial score (nSPS) is 23.6. The van der Waals surface area contributed by atoms with Gasteiger partial charge in [0.2, 0.25) is 0 Å². The van der Waals surface area contributed by atoms with Crippen molar-refractivity contribution >= 4 is 17.8 Å². The molecule has 1 aliphatic heterocycles. The Kier molecular flexibility index (Phi) is 5.51. The van der Waals surface area contributed by atoms with Gasteiger partial charge in [-0.15, -0.1) is 0 Å². The quantitative estimate of drug-likeness (QED) is 0.662. The highest BCUT2D eigenvalue weighted by Gasteiger charge is 2.56. The molecule has 0 fully saturated rings. The van der Waals surface area contributed by atoms with Crippen LogP contribution >= 0.6 is 11.6 Å². The third kappa shape index (κ3) is 4.20. The summed E-state index contributed by atoms with van der Waals surface area (Å²) in [6.07, 6.45) is 1.72. The van der Waals surface area contributed by atoms with E-state index in [1.54, 1.807) is 56.5 Å².